The van der Waals surface area contributed by atoms with Gasteiger partial charge >= 0.3 is 0 Å². The Labute approximate surface area is 139 Å². The van der Waals surface area contributed by atoms with Crippen LogP contribution in [0.25, 0.3) is 11.3 Å². The maximum Gasteiger partial charge on any atom is 0.259 e. The van der Waals surface area contributed by atoms with Gasteiger partial charge in [0.2, 0.25) is 0 Å². The number of aryl methyl sites for hydroxylation is 3. The molecule has 0 saturated heterocycles. The number of aromatic amines is 1. The second kappa shape index (κ2) is 5.36. The minimum absolute atomic E-state index is 0.164. The lowest BCUT2D eigenvalue weighted by Gasteiger charge is -2.04. The maximum absolute atomic E-state index is 12.8. The number of amides is 1. The minimum Gasteiger partial charge on any atom is -0.364 e. The molecule has 2 N–H and O–H groups in total. The van der Waals surface area contributed by atoms with Gasteiger partial charge in [-0.05, 0) is 26.2 Å². The van der Waals surface area contributed by atoms with Crippen molar-refractivity contribution in [3.8, 4) is 11.3 Å². The number of anilines is 1. The van der Waals surface area contributed by atoms with Gasteiger partial charge in [0.25, 0.3) is 5.91 Å². The molecule has 3 heterocycles. The number of carbonyl (C=O) groups is 1. The zero-order valence-electron chi connectivity index (χ0n) is 14.1. The van der Waals surface area contributed by atoms with Crippen LogP contribution < -0.4 is 5.32 Å². The van der Waals surface area contributed by atoms with Gasteiger partial charge in [0.15, 0.2) is 5.82 Å². The van der Waals surface area contributed by atoms with Crippen LogP contribution in [-0.4, -0.2) is 30.5 Å². The van der Waals surface area contributed by atoms with Crippen molar-refractivity contribution in [1.82, 2.24) is 24.5 Å². The second-order valence-corrected chi connectivity index (χ2v) is 6.27. The summed E-state index contributed by atoms with van der Waals surface area (Å²) in [7, 11) is 3.77. The monoisotopic (exact) mass is 324 g/mol. The Hall–Kier alpha value is -2.83. The molecule has 0 spiro atoms. The first-order chi connectivity index (χ1) is 11.5. The third-order valence-corrected chi connectivity index (χ3v) is 4.71. The first kappa shape index (κ1) is 14.7. The van der Waals surface area contributed by atoms with Gasteiger partial charge in [-0.2, -0.15) is 10.2 Å². The van der Waals surface area contributed by atoms with Gasteiger partial charge in [0.05, 0.1) is 11.3 Å². The molecule has 1 aliphatic rings. The lowest BCUT2D eigenvalue weighted by molar-refractivity contribution is 0.102. The third-order valence-electron chi connectivity index (χ3n) is 4.71. The van der Waals surface area contributed by atoms with Crippen molar-refractivity contribution in [2.45, 2.75) is 26.2 Å². The van der Waals surface area contributed by atoms with Crippen LogP contribution in [0.3, 0.4) is 0 Å². The van der Waals surface area contributed by atoms with Crippen molar-refractivity contribution in [3.63, 3.8) is 0 Å². The molecule has 1 amide bonds. The summed E-state index contributed by atoms with van der Waals surface area (Å²) in [4.78, 5) is 16.0. The van der Waals surface area contributed by atoms with Crippen molar-refractivity contribution < 1.29 is 4.79 Å². The smallest absolute Gasteiger partial charge is 0.259 e. The molecule has 0 fully saturated rings. The van der Waals surface area contributed by atoms with Crippen LogP contribution in [0, 0.1) is 6.92 Å². The molecule has 24 heavy (non-hydrogen) atoms. The SMILES string of the molecule is Cc1c2c(nn1C)-c1c(C(=O)Nc3ccn(C)n3)c[nH]c1CCC2. The molecule has 0 aromatic carbocycles. The van der Waals surface area contributed by atoms with Crippen LogP contribution in [0.5, 0.6) is 0 Å². The molecule has 7 heteroatoms. The number of aromatic nitrogens is 5. The van der Waals surface area contributed by atoms with E-state index in [1.165, 1.54) is 5.56 Å². The number of carbonyl (C=O) groups excluding carboxylic acids is 1. The van der Waals surface area contributed by atoms with Crippen LogP contribution in [0.4, 0.5) is 5.82 Å². The van der Waals surface area contributed by atoms with E-state index in [1.807, 2.05) is 18.8 Å². The molecule has 124 valence electrons. The van der Waals surface area contributed by atoms with E-state index < -0.39 is 0 Å². The van der Waals surface area contributed by atoms with Crippen LogP contribution in [0.2, 0.25) is 0 Å². The number of H-pyrrole nitrogens is 1. The standard InChI is InChI=1S/C17H20N6O/c1-10-11-5-4-6-13-15(16(11)21-23(10)3)12(9-18-13)17(24)19-14-7-8-22(2)20-14/h7-9,18H,4-6H2,1-3H3,(H,19,20,24). The second-order valence-electron chi connectivity index (χ2n) is 6.27. The van der Waals surface area contributed by atoms with Crippen molar-refractivity contribution in [2.24, 2.45) is 14.1 Å². The van der Waals surface area contributed by atoms with Crippen LogP contribution in [0.15, 0.2) is 18.5 Å². The lowest BCUT2D eigenvalue weighted by atomic mass is 10.0. The number of rotatable bonds is 2. The molecule has 0 saturated carbocycles. The summed E-state index contributed by atoms with van der Waals surface area (Å²) in [5.74, 6) is 0.380. The van der Waals surface area contributed by atoms with E-state index in [1.54, 1.807) is 23.1 Å². The van der Waals surface area contributed by atoms with Gasteiger partial charge in [-0.15, -0.1) is 0 Å². The maximum atomic E-state index is 12.8. The van der Waals surface area contributed by atoms with Gasteiger partial charge < -0.3 is 10.3 Å². The van der Waals surface area contributed by atoms with Gasteiger partial charge in [-0.25, -0.2) is 0 Å². The average Bonchev–Trinajstić information content (AvgIpc) is 3.18. The number of hydrogen-bond acceptors (Lipinski definition) is 3. The Kier molecular flexibility index (Phi) is 3.30. The fourth-order valence-electron chi connectivity index (χ4n) is 3.37. The Morgan fingerprint density at radius 3 is 2.88 bits per heavy atom. The molecule has 4 rings (SSSR count). The van der Waals surface area contributed by atoms with Gasteiger partial charge in [0.1, 0.15) is 0 Å². The molecule has 1 aliphatic carbocycles. The normalized spacial score (nSPS) is 13.3. The van der Waals surface area contributed by atoms with Gasteiger partial charge in [-0.3, -0.25) is 14.2 Å². The quantitative estimate of drug-likeness (QED) is 0.758. The van der Waals surface area contributed by atoms with Gasteiger partial charge in [0, 0.05) is 55.1 Å². The van der Waals surface area contributed by atoms with Crippen molar-refractivity contribution in [1.29, 1.82) is 0 Å². The molecule has 0 aliphatic heterocycles. The van der Waals surface area contributed by atoms with E-state index >= 15 is 0 Å². The van der Waals surface area contributed by atoms with E-state index in [9.17, 15) is 4.79 Å². The molecule has 3 aromatic heterocycles. The van der Waals surface area contributed by atoms with E-state index in [4.69, 9.17) is 0 Å². The molecule has 0 radical (unpaired) electrons. The Balaban J connectivity index is 1.78. The topological polar surface area (TPSA) is 80.5 Å². The summed E-state index contributed by atoms with van der Waals surface area (Å²) in [6.07, 6.45) is 6.54. The van der Waals surface area contributed by atoms with E-state index in [0.717, 1.165) is 41.9 Å². The molecular formula is C17H20N6O. The molecular weight excluding hydrogens is 304 g/mol. The summed E-state index contributed by atoms with van der Waals surface area (Å²) in [5, 5.41) is 11.7. The predicted molar refractivity (Wildman–Crippen MR) is 90.9 cm³/mol. The first-order valence-corrected chi connectivity index (χ1v) is 8.08. The van der Waals surface area contributed by atoms with Crippen molar-refractivity contribution in [2.75, 3.05) is 5.32 Å². The van der Waals surface area contributed by atoms with Gasteiger partial charge in [-0.1, -0.05) is 0 Å². The number of fused-ring (bicyclic) bond motifs is 3. The summed E-state index contributed by atoms with van der Waals surface area (Å²) >= 11 is 0. The highest BCUT2D eigenvalue weighted by Gasteiger charge is 2.27. The first-order valence-electron chi connectivity index (χ1n) is 8.08. The van der Waals surface area contributed by atoms with Crippen LogP contribution in [-0.2, 0) is 26.9 Å². The minimum atomic E-state index is -0.164. The zero-order chi connectivity index (χ0) is 16.8. The highest BCUT2D eigenvalue weighted by atomic mass is 16.1. The molecule has 0 atom stereocenters. The lowest BCUT2D eigenvalue weighted by Crippen LogP contribution is -2.13. The molecule has 0 unspecified atom stereocenters. The van der Waals surface area contributed by atoms with Crippen LogP contribution in [0.1, 0.15) is 33.7 Å². The Morgan fingerprint density at radius 1 is 1.29 bits per heavy atom. The number of nitrogens with zero attached hydrogens (tertiary/aromatic N) is 4. The fraction of sp³-hybridized carbons (Fsp3) is 0.353. The van der Waals surface area contributed by atoms with E-state index in [0.29, 0.717) is 11.4 Å². The number of hydrogen-bond donors (Lipinski definition) is 2. The Morgan fingerprint density at radius 2 is 2.12 bits per heavy atom. The van der Waals surface area contributed by atoms with E-state index in [-0.39, 0.29) is 5.91 Å². The Bertz CT molecular complexity index is 929. The molecule has 7 nitrogen and oxygen atoms in total. The average molecular weight is 324 g/mol. The highest BCUT2D eigenvalue weighted by molar-refractivity contribution is 6.08. The van der Waals surface area contributed by atoms with Crippen molar-refractivity contribution in [3.05, 3.63) is 41.0 Å². The largest absolute Gasteiger partial charge is 0.364 e. The van der Waals surface area contributed by atoms with Crippen LogP contribution >= 0.6 is 0 Å². The summed E-state index contributed by atoms with van der Waals surface area (Å²) < 4.78 is 3.56. The predicted octanol–water partition coefficient (Wildman–Crippen LogP) is 2.20. The van der Waals surface area contributed by atoms with E-state index in [2.05, 4.69) is 27.4 Å². The molecule has 0 bridgehead atoms. The number of nitrogens with one attached hydrogen (secondary N) is 2. The summed E-state index contributed by atoms with van der Waals surface area (Å²) in [6.45, 7) is 2.08. The summed E-state index contributed by atoms with van der Waals surface area (Å²) in [5.41, 5.74) is 5.96. The fourth-order valence-corrected chi connectivity index (χ4v) is 3.37. The summed E-state index contributed by atoms with van der Waals surface area (Å²) in [6, 6.07) is 1.78. The highest BCUT2D eigenvalue weighted by Crippen LogP contribution is 2.35. The molecule has 3 aromatic rings. The third kappa shape index (κ3) is 2.24. The zero-order valence-corrected chi connectivity index (χ0v) is 14.1. The van der Waals surface area contributed by atoms with Crippen molar-refractivity contribution >= 4 is 11.7 Å².